The third kappa shape index (κ3) is 5.01. The van der Waals surface area contributed by atoms with Crippen LogP contribution in [0.5, 0.6) is 0 Å². The molecule has 0 spiro atoms. The summed E-state index contributed by atoms with van der Waals surface area (Å²) in [5, 5.41) is 5.43. The minimum atomic E-state index is 0.363. The Kier molecular flexibility index (Phi) is 6.56. The van der Waals surface area contributed by atoms with Crippen molar-refractivity contribution in [2.45, 2.75) is 52.1 Å². The van der Waals surface area contributed by atoms with E-state index in [-0.39, 0.29) is 0 Å². The van der Waals surface area contributed by atoms with E-state index in [4.69, 9.17) is 11.6 Å². The molecular formula is C23H31ClN4O. The number of piperidine rings is 1. The lowest BCUT2D eigenvalue weighted by atomic mass is 9.92. The van der Waals surface area contributed by atoms with Crippen LogP contribution in [0.2, 0.25) is 5.15 Å². The molecule has 6 heteroatoms. The van der Waals surface area contributed by atoms with Crippen molar-refractivity contribution in [1.29, 1.82) is 0 Å². The summed E-state index contributed by atoms with van der Waals surface area (Å²) in [7, 11) is 0. The van der Waals surface area contributed by atoms with Crippen LogP contribution in [0.25, 0.3) is 0 Å². The van der Waals surface area contributed by atoms with E-state index in [0.717, 1.165) is 68.4 Å². The van der Waals surface area contributed by atoms with E-state index in [2.05, 4.69) is 27.0 Å². The van der Waals surface area contributed by atoms with Gasteiger partial charge in [0.1, 0.15) is 5.15 Å². The van der Waals surface area contributed by atoms with Crippen molar-refractivity contribution >= 4 is 17.5 Å². The fourth-order valence-electron chi connectivity index (χ4n) is 4.55. The number of likely N-dealkylation sites (tertiary alicyclic amines) is 2. The van der Waals surface area contributed by atoms with E-state index in [1.807, 2.05) is 29.8 Å². The molecule has 1 aromatic heterocycles. The van der Waals surface area contributed by atoms with Gasteiger partial charge in [0.2, 0.25) is 5.91 Å². The van der Waals surface area contributed by atoms with Gasteiger partial charge in [-0.1, -0.05) is 41.9 Å². The van der Waals surface area contributed by atoms with Gasteiger partial charge in [-0.3, -0.25) is 9.69 Å². The van der Waals surface area contributed by atoms with Gasteiger partial charge in [0.05, 0.1) is 12.2 Å². The second kappa shape index (κ2) is 9.31. The van der Waals surface area contributed by atoms with E-state index >= 15 is 0 Å². The third-order valence-corrected chi connectivity index (χ3v) is 6.79. The molecule has 1 amide bonds. The van der Waals surface area contributed by atoms with Crippen molar-refractivity contribution in [2.75, 3.05) is 26.2 Å². The molecule has 1 aromatic carbocycles. The van der Waals surface area contributed by atoms with Crippen LogP contribution in [-0.2, 0) is 17.9 Å². The molecule has 4 rings (SSSR count). The standard InChI is InChI=1S/C23H31ClN4O/c1-18-21(23(24)28(25-18)16-20-7-3-2-4-8-20)17-26-13-9-19(10-14-26)15-22(29)27-11-5-6-12-27/h2-4,7-8,19H,5-6,9-17H2,1H3. The summed E-state index contributed by atoms with van der Waals surface area (Å²) in [6.07, 6.45) is 5.25. The molecule has 2 fully saturated rings. The van der Waals surface area contributed by atoms with Crippen LogP contribution in [0.1, 0.15) is 48.9 Å². The number of rotatable bonds is 6. The fraction of sp³-hybridized carbons (Fsp3) is 0.565. The van der Waals surface area contributed by atoms with Crippen molar-refractivity contribution in [3.63, 3.8) is 0 Å². The summed E-state index contributed by atoms with van der Waals surface area (Å²) in [6.45, 7) is 7.55. The minimum absolute atomic E-state index is 0.363. The molecule has 156 valence electrons. The van der Waals surface area contributed by atoms with Gasteiger partial charge in [-0.25, -0.2) is 4.68 Å². The summed E-state index contributed by atoms with van der Waals surface area (Å²) in [4.78, 5) is 16.9. The van der Waals surface area contributed by atoms with Crippen LogP contribution in [0.15, 0.2) is 30.3 Å². The molecule has 2 aromatic rings. The molecule has 0 radical (unpaired) electrons. The first-order valence-corrected chi connectivity index (χ1v) is 11.2. The number of halogens is 1. The maximum Gasteiger partial charge on any atom is 0.222 e. The maximum absolute atomic E-state index is 12.4. The van der Waals surface area contributed by atoms with Gasteiger partial charge in [0.25, 0.3) is 0 Å². The minimum Gasteiger partial charge on any atom is -0.343 e. The normalized spacial score (nSPS) is 18.5. The smallest absolute Gasteiger partial charge is 0.222 e. The Morgan fingerprint density at radius 1 is 1.07 bits per heavy atom. The van der Waals surface area contributed by atoms with Gasteiger partial charge < -0.3 is 4.90 Å². The predicted octanol–water partition coefficient (Wildman–Crippen LogP) is 4.12. The molecule has 5 nitrogen and oxygen atoms in total. The molecule has 0 N–H and O–H groups in total. The molecule has 2 saturated heterocycles. The van der Waals surface area contributed by atoms with Crippen LogP contribution < -0.4 is 0 Å². The summed E-state index contributed by atoms with van der Waals surface area (Å²) >= 11 is 6.69. The molecule has 0 saturated carbocycles. The van der Waals surface area contributed by atoms with Gasteiger partial charge in [-0.15, -0.1) is 0 Å². The Balaban J connectivity index is 1.30. The highest BCUT2D eigenvalue weighted by atomic mass is 35.5. The van der Waals surface area contributed by atoms with Gasteiger partial charge >= 0.3 is 0 Å². The summed E-state index contributed by atoms with van der Waals surface area (Å²) < 4.78 is 1.91. The number of aromatic nitrogens is 2. The SMILES string of the molecule is Cc1nn(Cc2ccccc2)c(Cl)c1CN1CCC(CC(=O)N2CCCC2)CC1. The number of carbonyl (C=O) groups excluding carboxylic acids is 1. The van der Waals surface area contributed by atoms with E-state index < -0.39 is 0 Å². The number of hydrogen-bond donors (Lipinski definition) is 0. The number of aryl methyl sites for hydroxylation is 1. The van der Waals surface area contributed by atoms with Gasteiger partial charge in [0.15, 0.2) is 0 Å². The topological polar surface area (TPSA) is 41.4 Å². The van der Waals surface area contributed by atoms with Crippen LogP contribution in [-0.4, -0.2) is 51.7 Å². The van der Waals surface area contributed by atoms with E-state index in [9.17, 15) is 4.79 Å². The molecule has 2 aliphatic rings. The Morgan fingerprint density at radius 2 is 1.76 bits per heavy atom. The van der Waals surface area contributed by atoms with E-state index in [1.165, 1.54) is 18.4 Å². The van der Waals surface area contributed by atoms with Gasteiger partial charge in [-0.05, 0) is 57.2 Å². The molecule has 29 heavy (non-hydrogen) atoms. The van der Waals surface area contributed by atoms with Crippen molar-refractivity contribution in [3.05, 3.63) is 52.3 Å². The molecule has 0 atom stereocenters. The zero-order valence-corrected chi connectivity index (χ0v) is 18.1. The lowest BCUT2D eigenvalue weighted by molar-refractivity contribution is -0.131. The molecule has 3 heterocycles. The second-order valence-electron chi connectivity index (χ2n) is 8.51. The molecule has 0 bridgehead atoms. The Hall–Kier alpha value is -1.85. The quantitative estimate of drug-likeness (QED) is 0.714. The van der Waals surface area contributed by atoms with Crippen molar-refractivity contribution < 1.29 is 4.79 Å². The van der Waals surface area contributed by atoms with Crippen molar-refractivity contribution in [2.24, 2.45) is 5.92 Å². The summed E-state index contributed by atoms with van der Waals surface area (Å²) in [6, 6.07) is 10.3. The largest absolute Gasteiger partial charge is 0.343 e. The maximum atomic E-state index is 12.4. The first-order valence-electron chi connectivity index (χ1n) is 10.9. The van der Waals surface area contributed by atoms with Crippen LogP contribution in [0.3, 0.4) is 0 Å². The molecular weight excluding hydrogens is 384 g/mol. The first kappa shape index (κ1) is 20.4. The zero-order valence-electron chi connectivity index (χ0n) is 17.3. The summed E-state index contributed by atoms with van der Waals surface area (Å²) in [5.41, 5.74) is 3.35. The average Bonchev–Trinajstić information content (AvgIpc) is 3.35. The van der Waals surface area contributed by atoms with Crippen molar-refractivity contribution in [3.8, 4) is 0 Å². The fourth-order valence-corrected chi connectivity index (χ4v) is 4.84. The zero-order chi connectivity index (χ0) is 20.2. The Labute approximate surface area is 178 Å². The lowest BCUT2D eigenvalue weighted by Gasteiger charge is -2.32. The number of benzene rings is 1. The van der Waals surface area contributed by atoms with E-state index in [0.29, 0.717) is 18.4 Å². The number of carbonyl (C=O) groups is 1. The average molecular weight is 415 g/mol. The predicted molar refractivity (Wildman–Crippen MR) is 116 cm³/mol. The lowest BCUT2D eigenvalue weighted by Crippen LogP contribution is -2.36. The highest BCUT2D eigenvalue weighted by Crippen LogP contribution is 2.27. The monoisotopic (exact) mass is 414 g/mol. The number of amides is 1. The summed E-state index contributed by atoms with van der Waals surface area (Å²) in [5.74, 6) is 0.888. The molecule has 0 aliphatic carbocycles. The van der Waals surface area contributed by atoms with Gasteiger partial charge in [-0.2, -0.15) is 5.10 Å². The van der Waals surface area contributed by atoms with Gasteiger partial charge in [0, 0.05) is 31.6 Å². The molecule has 2 aliphatic heterocycles. The second-order valence-corrected chi connectivity index (χ2v) is 8.87. The highest BCUT2D eigenvalue weighted by molar-refractivity contribution is 6.30. The van der Waals surface area contributed by atoms with E-state index in [1.54, 1.807) is 0 Å². The number of nitrogens with zero attached hydrogens (tertiary/aromatic N) is 4. The Morgan fingerprint density at radius 3 is 2.45 bits per heavy atom. The Bertz CT molecular complexity index is 821. The van der Waals surface area contributed by atoms with Crippen LogP contribution >= 0.6 is 11.6 Å². The first-order chi connectivity index (χ1) is 14.1. The van der Waals surface area contributed by atoms with Crippen LogP contribution in [0.4, 0.5) is 0 Å². The highest BCUT2D eigenvalue weighted by Gasteiger charge is 2.26. The van der Waals surface area contributed by atoms with Crippen molar-refractivity contribution in [1.82, 2.24) is 19.6 Å². The molecule has 0 unspecified atom stereocenters. The van der Waals surface area contributed by atoms with Crippen LogP contribution in [0, 0.1) is 12.8 Å². The number of hydrogen-bond acceptors (Lipinski definition) is 3. The third-order valence-electron chi connectivity index (χ3n) is 6.37.